The molecule has 0 amide bonds. The molecule has 0 aliphatic heterocycles. The van der Waals surface area contributed by atoms with Crippen LogP contribution in [0.1, 0.15) is 28.8 Å². The van der Waals surface area contributed by atoms with Crippen molar-refractivity contribution in [3.63, 3.8) is 0 Å². The van der Waals surface area contributed by atoms with Crippen LogP contribution in [0.3, 0.4) is 0 Å². The van der Waals surface area contributed by atoms with Crippen molar-refractivity contribution in [3.05, 3.63) is 102 Å². The molecule has 35 heavy (non-hydrogen) atoms. The summed E-state index contributed by atoms with van der Waals surface area (Å²) in [5, 5.41) is 18.8. The first-order valence-corrected chi connectivity index (χ1v) is 11.3. The first-order chi connectivity index (χ1) is 17.1. The van der Waals surface area contributed by atoms with E-state index >= 15 is 0 Å². The second-order valence-corrected chi connectivity index (χ2v) is 8.62. The molecule has 0 saturated heterocycles. The number of aromatic carboxylic acids is 1. The van der Waals surface area contributed by atoms with E-state index in [4.69, 9.17) is 9.26 Å². The molecule has 1 aliphatic carbocycles. The molecule has 7 heteroatoms. The van der Waals surface area contributed by atoms with Gasteiger partial charge < -0.3 is 19.7 Å². The molecule has 5 aromatic rings. The smallest absolute Gasteiger partial charge is 0.335 e. The number of anilines is 1. The predicted octanol–water partition coefficient (Wildman–Crippen LogP) is 6.48. The number of pyridine rings is 1. The van der Waals surface area contributed by atoms with Crippen molar-refractivity contribution in [2.45, 2.75) is 18.4 Å². The number of aromatic nitrogens is 2. The third-order valence-electron chi connectivity index (χ3n) is 6.34. The van der Waals surface area contributed by atoms with E-state index in [0.29, 0.717) is 11.5 Å². The zero-order valence-corrected chi connectivity index (χ0v) is 18.6. The topological polar surface area (TPSA) is 97.5 Å². The molecule has 2 aromatic heterocycles. The van der Waals surface area contributed by atoms with Crippen LogP contribution in [-0.4, -0.2) is 21.2 Å². The van der Waals surface area contributed by atoms with Crippen molar-refractivity contribution in [1.82, 2.24) is 10.1 Å². The maximum absolute atomic E-state index is 11.2. The maximum Gasteiger partial charge on any atom is 0.335 e. The van der Waals surface area contributed by atoms with Gasteiger partial charge in [0, 0.05) is 17.8 Å². The number of rotatable bonds is 7. The number of carboxylic acid groups (broad SMARTS) is 1. The molecular formula is C28H21N3O4. The monoisotopic (exact) mass is 463 g/mol. The average molecular weight is 463 g/mol. The van der Waals surface area contributed by atoms with Gasteiger partial charge in [0.25, 0.3) is 0 Å². The highest BCUT2D eigenvalue weighted by Crippen LogP contribution is 2.49. The highest BCUT2D eigenvalue weighted by Gasteiger charge is 2.45. The SMILES string of the molecule is O=C(O)c1ccc(C2(Nc3nccc4cccc(Oc5cccc(-c6ccon6)c5)c34)CC2)cc1. The first kappa shape index (κ1) is 20.9. The zero-order chi connectivity index (χ0) is 23.8. The normalized spacial score (nSPS) is 13.9. The Morgan fingerprint density at radius 1 is 1.00 bits per heavy atom. The molecule has 2 N–H and O–H groups in total. The van der Waals surface area contributed by atoms with Gasteiger partial charge in [0.05, 0.1) is 16.5 Å². The number of fused-ring (bicyclic) bond motifs is 1. The van der Waals surface area contributed by atoms with Crippen molar-refractivity contribution >= 4 is 22.6 Å². The standard InChI is InChI=1S/C28H21N3O4/c32-27(33)19-7-9-21(10-8-19)28(13-14-28)30-26-25-18(11-15-29-26)3-2-6-24(25)35-22-5-1-4-20(17-22)23-12-16-34-31-23/h1-12,15-17H,13-14H2,(H,29,30)(H,32,33). The Balaban J connectivity index is 1.35. The van der Waals surface area contributed by atoms with Crippen LogP contribution in [0.5, 0.6) is 11.5 Å². The van der Waals surface area contributed by atoms with Crippen LogP contribution in [0.4, 0.5) is 5.82 Å². The summed E-state index contributed by atoms with van der Waals surface area (Å²) in [4.78, 5) is 15.9. The lowest BCUT2D eigenvalue weighted by Gasteiger charge is -2.21. The Bertz CT molecular complexity index is 1520. The number of ether oxygens (including phenoxy) is 1. The van der Waals surface area contributed by atoms with Crippen LogP contribution in [0.15, 0.2) is 95.8 Å². The van der Waals surface area contributed by atoms with E-state index in [1.165, 1.54) is 0 Å². The summed E-state index contributed by atoms with van der Waals surface area (Å²) in [7, 11) is 0. The van der Waals surface area contributed by atoms with E-state index in [1.54, 1.807) is 30.7 Å². The Morgan fingerprint density at radius 2 is 1.83 bits per heavy atom. The van der Waals surface area contributed by atoms with E-state index < -0.39 is 5.97 Å². The summed E-state index contributed by atoms with van der Waals surface area (Å²) in [6, 6.07) is 24.4. The predicted molar refractivity (Wildman–Crippen MR) is 132 cm³/mol. The van der Waals surface area contributed by atoms with E-state index in [2.05, 4.69) is 15.5 Å². The fraction of sp³-hybridized carbons (Fsp3) is 0.107. The summed E-state index contributed by atoms with van der Waals surface area (Å²) < 4.78 is 11.3. The largest absolute Gasteiger partial charge is 0.478 e. The molecular weight excluding hydrogens is 442 g/mol. The first-order valence-electron chi connectivity index (χ1n) is 11.3. The van der Waals surface area contributed by atoms with E-state index in [-0.39, 0.29) is 11.1 Å². The molecule has 1 aliphatic rings. The molecule has 0 bridgehead atoms. The molecule has 7 nitrogen and oxygen atoms in total. The van der Waals surface area contributed by atoms with Gasteiger partial charge in [-0.2, -0.15) is 0 Å². The van der Waals surface area contributed by atoms with Crippen LogP contribution in [0.25, 0.3) is 22.0 Å². The third kappa shape index (κ3) is 3.97. The fourth-order valence-corrected chi connectivity index (χ4v) is 4.35. The molecule has 6 rings (SSSR count). The van der Waals surface area contributed by atoms with Crippen LogP contribution >= 0.6 is 0 Å². The molecule has 172 valence electrons. The van der Waals surface area contributed by atoms with Gasteiger partial charge in [-0.25, -0.2) is 9.78 Å². The molecule has 1 fully saturated rings. The number of hydrogen-bond acceptors (Lipinski definition) is 6. The van der Waals surface area contributed by atoms with Gasteiger partial charge in [0.15, 0.2) is 0 Å². The number of carbonyl (C=O) groups is 1. The second kappa shape index (κ2) is 8.29. The Morgan fingerprint density at radius 3 is 2.57 bits per heavy atom. The summed E-state index contributed by atoms with van der Waals surface area (Å²) in [5.41, 5.74) is 2.67. The van der Waals surface area contributed by atoms with E-state index in [9.17, 15) is 9.90 Å². The van der Waals surface area contributed by atoms with Crippen LogP contribution in [0, 0.1) is 0 Å². The van der Waals surface area contributed by atoms with E-state index in [0.717, 1.165) is 46.3 Å². The van der Waals surface area contributed by atoms with Crippen LogP contribution in [-0.2, 0) is 5.54 Å². The molecule has 2 heterocycles. The molecule has 0 spiro atoms. The Kier molecular flexibility index (Phi) is 4.95. The van der Waals surface area contributed by atoms with Crippen molar-refractivity contribution in [1.29, 1.82) is 0 Å². The van der Waals surface area contributed by atoms with Crippen molar-refractivity contribution in [2.75, 3.05) is 5.32 Å². The molecule has 0 radical (unpaired) electrons. The number of benzene rings is 3. The van der Waals surface area contributed by atoms with Crippen molar-refractivity contribution in [3.8, 4) is 22.8 Å². The third-order valence-corrected chi connectivity index (χ3v) is 6.34. The van der Waals surface area contributed by atoms with Gasteiger partial charge in [0.2, 0.25) is 0 Å². The highest BCUT2D eigenvalue weighted by molar-refractivity contribution is 5.97. The Labute approximate surface area is 201 Å². The quantitative estimate of drug-likeness (QED) is 0.285. The minimum atomic E-state index is -0.931. The number of carboxylic acids is 1. The second-order valence-electron chi connectivity index (χ2n) is 8.62. The lowest BCUT2D eigenvalue weighted by molar-refractivity contribution is 0.0697. The summed E-state index contributed by atoms with van der Waals surface area (Å²) in [5.74, 6) is 1.16. The van der Waals surface area contributed by atoms with Crippen LogP contribution in [0.2, 0.25) is 0 Å². The zero-order valence-electron chi connectivity index (χ0n) is 18.6. The summed E-state index contributed by atoms with van der Waals surface area (Å²) in [6.45, 7) is 0. The van der Waals surface area contributed by atoms with Gasteiger partial charge >= 0.3 is 5.97 Å². The minimum absolute atomic E-state index is 0.274. The number of nitrogens with one attached hydrogen (secondary N) is 1. The van der Waals surface area contributed by atoms with Gasteiger partial charge in [-0.05, 0) is 60.2 Å². The lowest BCUT2D eigenvalue weighted by Crippen LogP contribution is -2.20. The van der Waals surface area contributed by atoms with Crippen LogP contribution < -0.4 is 10.1 Å². The maximum atomic E-state index is 11.2. The molecule has 0 atom stereocenters. The number of nitrogens with zero attached hydrogens (tertiary/aromatic N) is 2. The number of hydrogen-bond donors (Lipinski definition) is 2. The average Bonchev–Trinajstić information content (AvgIpc) is 3.44. The molecule has 0 unspecified atom stereocenters. The van der Waals surface area contributed by atoms with Crippen molar-refractivity contribution in [2.24, 2.45) is 0 Å². The lowest BCUT2D eigenvalue weighted by atomic mass is 10.0. The summed E-state index contributed by atoms with van der Waals surface area (Å²) in [6.07, 6.45) is 5.18. The van der Waals surface area contributed by atoms with Gasteiger partial charge in [-0.3, -0.25) is 0 Å². The van der Waals surface area contributed by atoms with Gasteiger partial charge in [-0.15, -0.1) is 0 Å². The molecule has 1 saturated carbocycles. The van der Waals surface area contributed by atoms with Crippen molar-refractivity contribution < 1.29 is 19.2 Å². The van der Waals surface area contributed by atoms with E-state index in [1.807, 2.05) is 60.7 Å². The van der Waals surface area contributed by atoms with Gasteiger partial charge in [0.1, 0.15) is 29.3 Å². The Hall–Kier alpha value is -4.65. The molecule has 3 aromatic carbocycles. The fourth-order valence-electron chi connectivity index (χ4n) is 4.35. The van der Waals surface area contributed by atoms with Gasteiger partial charge in [-0.1, -0.05) is 41.6 Å². The summed E-state index contributed by atoms with van der Waals surface area (Å²) >= 11 is 0. The highest BCUT2D eigenvalue weighted by atomic mass is 16.5. The minimum Gasteiger partial charge on any atom is -0.478 e.